The zero-order valence-electron chi connectivity index (χ0n) is 16.2. The van der Waals surface area contributed by atoms with E-state index >= 15 is 0 Å². The van der Waals surface area contributed by atoms with Crippen molar-refractivity contribution in [3.05, 3.63) is 47.5 Å². The van der Waals surface area contributed by atoms with E-state index in [1.807, 2.05) is 19.2 Å². The molecule has 3 rings (SSSR count). The van der Waals surface area contributed by atoms with Crippen LogP contribution in [0.5, 0.6) is 11.5 Å². The van der Waals surface area contributed by atoms with Gasteiger partial charge in [-0.15, -0.1) is 0 Å². The number of nitrogens with zero attached hydrogens (tertiary/aromatic N) is 2. The summed E-state index contributed by atoms with van der Waals surface area (Å²) in [6.07, 6.45) is 12.7. The Kier molecular flexibility index (Phi) is 6.98. The lowest BCUT2D eigenvalue weighted by Crippen LogP contribution is -2.37. The first-order chi connectivity index (χ1) is 13.6. The van der Waals surface area contributed by atoms with Gasteiger partial charge in [-0.25, -0.2) is 4.98 Å². The van der Waals surface area contributed by atoms with Crippen LogP contribution in [0.15, 0.2) is 36.9 Å². The Morgan fingerprint density at radius 2 is 2.29 bits per heavy atom. The van der Waals surface area contributed by atoms with Crippen molar-refractivity contribution in [2.24, 2.45) is 0 Å². The number of amides is 1. The first kappa shape index (κ1) is 20.3. The number of aromatic nitrogens is 2. The summed E-state index contributed by atoms with van der Waals surface area (Å²) in [6.45, 7) is 2.59. The van der Waals surface area contributed by atoms with Crippen LogP contribution in [0.3, 0.4) is 0 Å². The van der Waals surface area contributed by atoms with Crippen molar-refractivity contribution in [2.75, 3.05) is 13.7 Å². The van der Waals surface area contributed by atoms with E-state index in [9.17, 15) is 4.79 Å². The fourth-order valence-corrected chi connectivity index (χ4v) is 3.79. The van der Waals surface area contributed by atoms with Gasteiger partial charge in [0.25, 0.3) is 0 Å². The summed E-state index contributed by atoms with van der Waals surface area (Å²) in [4.78, 5) is 16.5. The Labute approximate surface area is 170 Å². The van der Waals surface area contributed by atoms with Gasteiger partial charge in [-0.05, 0) is 49.5 Å². The quantitative estimate of drug-likeness (QED) is 0.669. The molecule has 0 radical (unpaired) electrons. The van der Waals surface area contributed by atoms with Crippen molar-refractivity contribution >= 4 is 23.6 Å². The fourth-order valence-electron chi connectivity index (χ4n) is 3.51. The second-order valence-electron chi connectivity index (χ2n) is 6.84. The molecule has 1 aromatic heterocycles. The molecule has 1 heterocycles. The predicted octanol–water partition coefficient (Wildman–Crippen LogP) is 4.26. The molecule has 1 fully saturated rings. The van der Waals surface area contributed by atoms with Crippen molar-refractivity contribution in [1.29, 1.82) is 0 Å². The maximum atomic E-state index is 12.4. The minimum absolute atomic E-state index is 0.106. The summed E-state index contributed by atoms with van der Waals surface area (Å²) in [7, 11) is 1.57. The normalized spacial score (nSPS) is 19.1. The molecule has 7 heteroatoms. The van der Waals surface area contributed by atoms with Crippen LogP contribution >= 0.6 is 11.6 Å². The third-order valence-corrected chi connectivity index (χ3v) is 5.13. The lowest BCUT2D eigenvalue weighted by Gasteiger charge is -2.21. The smallest absolute Gasteiger partial charge is 0.244 e. The van der Waals surface area contributed by atoms with Gasteiger partial charge in [0.05, 0.1) is 31.1 Å². The van der Waals surface area contributed by atoms with Crippen LogP contribution in [0, 0.1) is 0 Å². The number of hydrogen-bond acceptors (Lipinski definition) is 4. The molecule has 1 aromatic carbocycles. The van der Waals surface area contributed by atoms with E-state index in [2.05, 4.69) is 14.9 Å². The molecule has 28 heavy (non-hydrogen) atoms. The summed E-state index contributed by atoms with van der Waals surface area (Å²) in [5.41, 5.74) is 0.776. The monoisotopic (exact) mass is 403 g/mol. The standard InChI is InChI=1S/C21H26ClN3O3/c1-3-11-28-21-16(22)12-15(13-19(21)27-2)7-8-20(26)24-17-5-4-6-18(17)25-10-9-23-14-25/h7-10,12-14,17-18H,3-6,11H2,1-2H3,(H,24,26). The first-order valence-corrected chi connectivity index (χ1v) is 9.96. The molecule has 0 spiro atoms. The van der Waals surface area contributed by atoms with Gasteiger partial charge in [0.1, 0.15) is 0 Å². The molecular formula is C21H26ClN3O3. The highest BCUT2D eigenvalue weighted by Gasteiger charge is 2.29. The molecule has 0 saturated heterocycles. The van der Waals surface area contributed by atoms with Gasteiger partial charge in [0.15, 0.2) is 11.5 Å². The van der Waals surface area contributed by atoms with Crippen LogP contribution in [0.1, 0.15) is 44.2 Å². The molecule has 0 aliphatic heterocycles. The van der Waals surface area contributed by atoms with Crippen molar-refractivity contribution < 1.29 is 14.3 Å². The second kappa shape index (κ2) is 9.64. The maximum absolute atomic E-state index is 12.4. The van der Waals surface area contributed by atoms with Crippen LogP contribution in [-0.2, 0) is 4.79 Å². The van der Waals surface area contributed by atoms with Gasteiger partial charge >= 0.3 is 0 Å². The summed E-state index contributed by atoms with van der Waals surface area (Å²) in [5.74, 6) is 0.956. The highest BCUT2D eigenvalue weighted by atomic mass is 35.5. The lowest BCUT2D eigenvalue weighted by atomic mass is 10.1. The second-order valence-corrected chi connectivity index (χ2v) is 7.25. The minimum Gasteiger partial charge on any atom is -0.493 e. The van der Waals surface area contributed by atoms with Gasteiger partial charge in [-0.2, -0.15) is 0 Å². The predicted molar refractivity (Wildman–Crippen MR) is 110 cm³/mol. The number of carbonyl (C=O) groups is 1. The third kappa shape index (κ3) is 4.87. The van der Waals surface area contributed by atoms with Gasteiger partial charge in [0.2, 0.25) is 5.91 Å². The Balaban J connectivity index is 1.66. The number of rotatable bonds is 8. The zero-order valence-corrected chi connectivity index (χ0v) is 17.0. The van der Waals surface area contributed by atoms with Gasteiger partial charge < -0.3 is 19.4 Å². The number of hydrogen-bond donors (Lipinski definition) is 1. The van der Waals surface area contributed by atoms with Crippen molar-refractivity contribution in [3.8, 4) is 11.5 Å². The SMILES string of the molecule is CCCOc1c(Cl)cc(C=CC(=O)NC2CCCC2n2ccnc2)cc1OC. The number of halogens is 1. The van der Waals surface area contributed by atoms with Gasteiger partial charge in [-0.3, -0.25) is 4.79 Å². The first-order valence-electron chi connectivity index (χ1n) is 9.58. The molecule has 1 N–H and O–H groups in total. The molecule has 2 atom stereocenters. The van der Waals surface area contributed by atoms with Gasteiger partial charge in [-0.1, -0.05) is 18.5 Å². The maximum Gasteiger partial charge on any atom is 0.244 e. The lowest BCUT2D eigenvalue weighted by molar-refractivity contribution is -0.117. The number of ether oxygens (including phenoxy) is 2. The molecule has 150 valence electrons. The molecule has 1 aliphatic rings. The Morgan fingerprint density at radius 1 is 1.43 bits per heavy atom. The number of benzene rings is 1. The van der Waals surface area contributed by atoms with E-state index in [1.54, 1.807) is 31.8 Å². The Hall–Kier alpha value is -2.47. The summed E-state index contributed by atoms with van der Waals surface area (Å²) < 4.78 is 13.1. The molecule has 2 unspecified atom stereocenters. The highest BCUT2D eigenvalue weighted by molar-refractivity contribution is 6.32. The molecule has 1 amide bonds. The van der Waals surface area contributed by atoms with Gasteiger partial charge in [0, 0.05) is 24.5 Å². The number of imidazole rings is 1. The van der Waals surface area contributed by atoms with E-state index < -0.39 is 0 Å². The van der Waals surface area contributed by atoms with Crippen LogP contribution in [0.25, 0.3) is 6.08 Å². The fraction of sp³-hybridized carbons (Fsp3) is 0.429. The molecule has 0 bridgehead atoms. The van der Waals surface area contributed by atoms with Crippen LogP contribution < -0.4 is 14.8 Å². The van der Waals surface area contributed by atoms with Crippen LogP contribution in [0.4, 0.5) is 0 Å². The summed E-state index contributed by atoms with van der Waals surface area (Å²) in [6, 6.07) is 3.94. The largest absolute Gasteiger partial charge is 0.493 e. The molecular weight excluding hydrogens is 378 g/mol. The van der Waals surface area contributed by atoms with E-state index in [0.717, 1.165) is 31.2 Å². The number of nitrogens with one attached hydrogen (secondary N) is 1. The average molecular weight is 404 g/mol. The molecule has 1 saturated carbocycles. The van der Waals surface area contributed by atoms with E-state index in [0.29, 0.717) is 23.1 Å². The number of methoxy groups -OCH3 is 1. The Bertz CT molecular complexity index is 821. The topological polar surface area (TPSA) is 65.4 Å². The zero-order chi connectivity index (χ0) is 19.9. The highest BCUT2D eigenvalue weighted by Crippen LogP contribution is 2.37. The summed E-state index contributed by atoms with van der Waals surface area (Å²) >= 11 is 6.33. The van der Waals surface area contributed by atoms with Crippen LogP contribution in [0.2, 0.25) is 5.02 Å². The molecule has 1 aliphatic carbocycles. The van der Waals surface area contributed by atoms with E-state index in [4.69, 9.17) is 21.1 Å². The van der Waals surface area contributed by atoms with E-state index in [1.165, 1.54) is 6.08 Å². The van der Waals surface area contributed by atoms with Crippen molar-refractivity contribution in [3.63, 3.8) is 0 Å². The van der Waals surface area contributed by atoms with E-state index in [-0.39, 0.29) is 18.0 Å². The minimum atomic E-state index is -0.126. The van der Waals surface area contributed by atoms with Crippen LogP contribution in [-0.4, -0.2) is 35.2 Å². The number of carbonyl (C=O) groups excluding carboxylic acids is 1. The average Bonchev–Trinajstić information content (AvgIpc) is 3.36. The van der Waals surface area contributed by atoms with Crippen molar-refractivity contribution in [1.82, 2.24) is 14.9 Å². The molecule has 2 aromatic rings. The Morgan fingerprint density at radius 3 is 3.00 bits per heavy atom. The summed E-state index contributed by atoms with van der Waals surface area (Å²) in [5, 5.41) is 3.57. The molecule has 6 nitrogen and oxygen atoms in total. The third-order valence-electron chi connectivity index (χ3n) is 4.84. The van der Waals surface area contributed by atoms with Crippen molar-refractivity contribution in [2.45, 2.75) is 44.7 Å².